The minimum atomic E-state index is -0.298. The van der Waals surface area contributed by atoms with Gasteiger partial charge in [-0.25, -0.2) is 9.18 Å². The van der Waals surface area contributed by atoms with Gasteiger partial charge in [0.2, 0.25) is 0 Å². The summed E-state index contributed by atoms with van der Waals surface area (Å²) in [6, 6.07) is 7.55. The normalized spacial score (nSPS) is 10.4. The molecule has 8 heteroatoms. The van der Waals surface area contributed by atoms with Crippen molar-refractivity contribution in [3.05, 3.63) is 66.5 Å². The minimum Gasteiger partial charge on any atom is -0.336 e. The minimum absolute atomic E-state index is 0.286. The number of halogens is 1. The number of benzene rings is 1. The highest BCUT2D eigenvalue weighted by Crippen LogP contribution is 2.11. The van der Waals surface area contributed by atoms with Crippen LogP contribution in [0.25, 0.3) is 11.4 Å². The van der Waals surface area contributed by atoms with E-state index < -0.39 is 0 Å². The second kappa shape index (κ2) is 8.00. The van der Waals surface area contributed by atoms with Crippen molar-refractivity contribution in [3.8, 4) is 11.4 Å². The van der Waals surface area contributed by atoms with Crippen molar-refractivity contribution < 1.29 is 9.18 Å². The highest BCUT2D eigenvalue weighted by Gasteiger charge is 2.04. The van der Waals surface area contributed by atoms with Crippen LogP contribution in [0.3, 0.4) is 0 Å². The Hall–Kier alpha value is -3.29. The number of hydrogen-bond donors (Lipinski definition) is 2. The molecule has 0 spiro atoms. The van der Waals surface area contributed by atoms with Gasteiger partial charge in [-0.2, -0.15) is 5.10 Å². The molecule has 7 nitrogen and oxygen atoms in total. The highest BCUT2D eigenvalue weighted by molar-refractivity contribution is 5.73. The molecule has 0 fully saturated rings. The summed E-state index contributed by atoms with van der Waals surface area (Å²) in [4.78, 5) is 20.0. The summed E-state index contributed by atoms with van der Waals surface area (Å²) in [5, 5.41) is 9.85. The summed E-state index contributed by atoms with van der Waals surface area (Å²) in [6.45, 7) is 1.30. The molecule has 0 aliphatic heterocycles. The van der Waals surface area contributed by atoms with Crippen molar-refractivity contribution in [2.24, 2.45) is 0 Å². The molecule has 1 aromatic carbocycles. The number of carbonyl (C=O) groups excluding carboxylic acids is 1. The van der Waals surface area contributed by atoms with Crippen LogP contribution in [-0.4, -0.2) is 32.3 Å². The molecule has 3 aromatic rings. The van der Waals surface area contributed by atoms with Crippen molar-refractivity contribution in [2.45, 2.75) is 13.1 Å². The molecular weight excluding hydrogens is 323 g/mol. The lowest BCUT2D eigenvalue weighted by Gasteiger charge is -2.08. The van der Waals surface area contributed by atoms with Crippen molar-refractivity contribution in [1.82, 2.24) is 30.4 Å². The zero-order valence-electron chi connectivity index (χ0n) is 13.4. The van der Waals surface area contributed by atoms with Gasteiger partial charge in [0.15, 0.2) is 0 Å². The largest absolute Gasteiger partial charge is 0.336 e. The van der Waals surface area contributed by atoms with E-state index in [1.165, 1.54) is 12.1 Å². The number of nitrogens with zero attached hydrogens (tertiary/aromatic N) is 4. The molecular formula is C17H17FN6O. The zero-order chi connectivity index (χ0) is 17.5. The topological polar surface area (TPSA) is 84.7 Å². The van der Waals surface area contributed by atoms with Gasteiger partial charge in [-0.15, -0.1) is 0 Å². The highest BCUT2D eigenvalue weighted by atomic mass is 19.1. The van der Waals surface area contributed by atoms with Crippen LogP contribution in [0, 0.1) is 5.82 Å². The smallest absolute Gasteiger partial charge is 0.315 e. The molecule has 2 amide bonds. The predicted octanol–water partition coefficient (Wildman–Crippen LogP) is 1.98. The van der Waals surface area contributed by atoms with E-state index in [9.17, 15) is 9.18 Å². The van der Waals surface area contributed by atoms with Gasteiger partial charge in [0.1, 0.15) is 17.2 Å². The van der Waals surface area contributed by atoms with E-state index in [0.29, 0.717) is 25.3 Å². The third kappa shape index (κ3) is 4.84. The molecule has 3 rings (SSSR count). The number of amides is 2. The summed E-state index contributed by atoms with van der Waals surface area (Å²) >= 11 is 0. The van der Waals surface area contributed by atoms with Gasteiger partial charge in [0, 0.05) is 31.7 Å². The Morgan fingerprint density at radius 1 is 1.08 bits per heavy atom. The average molecular weight is 340 g/mol. The number of nitrogens with one attached hydrogen (secondary N) is 2. The Balaban J connectivity index is 1.41. The van der Waals surface area contributed by atoms with Gasteiger partial charge in [-0.1, -0.05) is 12.1 Å². The maximum atomic E-state index is 12.8. The van der Waals surface area contributed by atoms with Gasteiger partial charge < -0.3 is 10.6 Å². The van der Waals surface area contributed by atoms with Crippen molar-refractivity contribution >= 4 is 6.03 Å². The third-order valence-corrected chi connectivity index (χ3v) is 3.46. The Morgan fingerprint density at radius 2 is 1.92 bits per heavy atom. The second-order valence-corrected chi connectivity index (χ2v) is 5.29. The molecule has 0 aliphatic carbocycles. The summed E-state index contributed by atoms with van der Waals surface area (Å²) in [7, 11) is 0. The molecule has 25 heavy (non-hydrogen) atoms. The fourth-order valence-electron chi connectivity index (χ4n) is 2.19. The summed E-state index contributed by atoms with van der Waals surface area (Å²) in [6.07, 6.45) is 6.69. The lowest BCUT2D eigenvalue weighted by molar-refractivity contribution is 0.240. The maximum Gasteiger partial charge on any atom is 0.315 e. The van der Waals surface area contributed by atoms with Crippen LogP contribution >= 0.6 is 0 Å². The lowest BCUT2D eigenvalue weighted by atomic mass is 10.2. The molecule has 2 aromatic heterocycles. The first-order valence-corrected chi connectivity index (χ1v) is 7.77. The molecule has 0 unspecified atom stereocenters. The SMILES string of the molecule is O=C(NCCn1ccc(-c2cnccn2)n1)NCc1ccc(F)cc1. The fourth-order valence-corrected chi connectivity index (χ4v) is 2.19. The van der Waals surface area contributed by atoms with Crippen LogP contribution in [-0.2, 0) is 13.1 Å². The van der Waals surface area contributed by atoms with Crippen LogP contribution < -0.4 is 10.6 Å². The first-order chi connectivity index (χ1) is 12.2. The molecule has 0 aliphatic rings. The summed E-state index contributed by atoms with van der Waals surface area (Å²) in [5.74, 6) is -0.298. The maximum absolute atomic E-state index is 12.8. The Kier molecular flexibility index (Phi) is 5.30. The van der Waals surface area contributed by atoms with Crippen molar-refractivity contribution in [1.29, 1.82) is 0 Å². The van der Waals surface area contributed by atoms with Crippen LogP contribution in [0.15, 0.2) is 55.1 Å². The zero-order valence-corrected chi connectivity index (χ0v) is 13.4. The Morgan fingerprint density at radius 3 is 2.68 bits per heavy atom. The van der Waals surface area contributed by atoms with Crippen molar-refractivity contribution in [2.75, 3.05) is 6.54 Å². The van der Waals surface area contributed by atoms with Crippen molar-refractivity contribution in [3.63, 3.8) is 0 Å². The fraction of sp³-hybridized carbons (Fsp3) is 0.176. The number of urea groups is 1. The molecule has 0 saturated heterocycles. The van der Waals surface area contributed by atoms with E-state index >= 15 is 0 Å². The van der Waals surface area contributed by atoms with Gasteiger partial charge in [0.05, 0.1) is 12.7 Å². The average Bonchev–Trinajstić information content (AvgIpc) is 3.11. The van der Waals surface area contributed by atoms with E-state index in [1.807, 2.05) is 12.3 Å². The van der Waals surface area contributed by atoms with Gasteiger partial charge >= 0.3 is 6.03 Å². The van der Waals surface area contributed by atoms with E-state index in [-0.39, 0.29) is 11.8 Å². The number of aromatic nitrogens is 4. The molecule has 2 N–H and O–H groups in total. The number of rotatable bonds is 6. The van der Waals surface area contributed by atoms with E-state index in [0.717, 1.165) is 11.3 Å². The molecule has 0 atom stereocenters. The Bertz CT molecular complexity index is 819. The molecule has 0 bridgehead atoms. The van der Waals surface area contributed by atoms with Crippen LogP contribution in [0.5, 0.6) is 0 Å². The second-order valence-electron chi connectivity index (χ2n) is 5.29. The number of hydrogen-bond acceptors (Lipinski definition) is 4. The quantitative estimate of drug-likeness (QED) is 0.718. The lowest BCUT2D eigenvalue weighted by Crippen LogP contribution is -2.36. The summed E-state index contributed by atoms with van der Waals surface area (Å²) < 4.78 is 14.5. The Labute approximate surface area is 143 Å². The van der Waals surface area contributed by atoms with Gasteiger partial charge in [-0.3, -0.25) is 14.6 Å². The number of carbonyl (C=O) groups is 1. The molecule has 0 saturated carbocycles. The van der Waals surface area contributed by atoms with Crippen LogP contribution in [0.2, 0.25) is 0 Å². The molecule has 128 valence electrons. The summed E-state index contributed by atoms with van der Waals surface area (Å²) in [5.41, 5.74) is 2.26. The first-order valence-electron chi connectivity index (χ1n) is 7.77. The molecule has 0 radical (unpaired) electrons. The standard InChI is InChI=1S/C17H17FN6O/c18-14-3-1-13(2-4-14)11-22-17(25)21-8-10-24-9-5-15(23-24)16-12-19-6-7-20-16/h1-7,9,12H,8,10-11H2,(H2,21,22,25). The third-order valence-electron chi connectivity index (χ3n) is 3.46. The van der Waals surface area contributed by atoms with E-state index in [4.69, 9.17) is 0 Å². The predicted molar refractivity (Wildman–Crippen MR) is 89.9 cm³/mol. The van der Waals surface area contributed by atoms with Gasteiger partial charge in [-0.05, 0) is 23.8 Å². The van der Waals surface area contributed by atoms with Gasteiger partial charge in [0.25, 0.3) is 0 Å². The monoisotopic (exact) mass is 340 g/mol. The van der Waals surface area contributed by atoms with Crippen LogP contribution in [0.4, 0.5) is 9.18 Å². The first kappa shape index (κ1) is 16.6. The van der Waals surface area contributed by atoms with Crippen LogP contribution in [0.1, 0.15) is 5.56 Å². The molecule has 2 heterocycles. The van der Waals surface area contributed by atoms with E-state index in [1.54, 1.807) is 35.4 Å². The van der Waals surface area contributed by atoms with E-state index in [2.05, 4.69) is 25.7 Å².